The first-order valence-electron chi connectivity index (χ1n) is 11.2. The Morgan fingerprint density at radius 1 is 0.968 bits per heavy atom. The van der Waals surface area contributed by atoms with Gasteiger partial charge in [-0.05, 0) is 47.7 Å². The zero-order valence-electron chi connectivity index (χ0n) is 18.3. The van der Waals surface area contributed by atoms with E-state index in [0.717, 1.165) is 22.9 Å². The Kier molecular flexibility index (Phi) is 7.03. The number of benzene rings is 2. The molecule has 3 heteroatoms. The van der Waals surface area contributed by atoms with Gasteiger partial charge in [0.2, 0.25) is 0 Å². The molecule has 0 amide bonds. The molecule has 31 heavy (non-hydrogen) atoms. The molecule has 0 saturated heterocycles. The maximum atomic E-state index is 5.93. The van der Waals surface area contributed by atoms with Crippen molar-refractivity contribution in [2.75, 3.05) is 7.11 Å². The van der Waals surface area contributed by atoms with Crippen LogP contribution in [0.1, 0.15) is 60.4 Å². The van der Waals surface area contributed by atoms with Crippen molar-refractivity contribution in [3.8, 4) is 5.75 Å². The minimum Gasteiger partial charge on any atom is -0.497 e. The molecule has 3 nitrogen and oxygen atoms in total. The number of nitrogens with zero attached hydrogens (tertiary/aromatic N) is 1. The third-order valence-corrected chi connectivity index (χ3v) is 6.32. The third-order valence-electron chi connectivity index (χ3n) is 6.32. The lowest BCUT2D eigenvalue weighted by Crippen LogP contribution is -2.07. The topological polar surface area (TPSA) is 31.4 Å². The Bertz CT molecular complexity index is 958. The van der Waals surface area contributed by atoms with Crippen molar-refractivity contribution in [1.29, 1.82) is 0 Å². The van der Waals surface area contributed by atoms with Crippen molar-refractivity contribution in [1.82, 2.24) is 4.98 Å². The van der Waals surface area contributed by atoms with E-state index < -0.39 is 0 Å². The molecule has 1 fully saturated rings. The molecular weight excluding hydrogens is 382 g/mol. The Morgan fingerprint density at radius 2 is 1.65 bits per heavy atom. The summed E-state index contributed by atoms with van der Waals surface area (Å²) < 4.78 is 11.2. The van der Waals surface area contributed by atoms with Gasteiger partial charge in [-0.3, -0.25) is 4.98 Å². The van der Waals surface area contributed by atoms with E-state index in [4.69, 9.17) is 9.47 Å². The maximum absolute atomic E-state index is 5.93. The first-order chi connectivity index (χ1) is 15.2. The van der Waals surface area contributed by atoms with E-state index >= 15 is 0 Å². The van der Waals surface area contributed by atoms with Crippen LogP contribution < -0.4 is 4.74 Å². The molecule has 0 radical (unpaired) electrons. The zero-order valence-corrected chi connectivity index (χ0v) is 18.3. The van der Waals surface area contributed by atoms with Crippen LogP contribution in [0.25, 0.3) is 5.76 Å². The Morgan fingerprint density at radius 3 is 2.26 bits per heavy atom. The highest BCUT2D eigenvalue weighted by Crippen LogP contribution is 2.38. The second kappa shape index (κ2) is 10.3. The molecule has 160 valence electrons. The molecule has 4 rings (SSSR count). The maximum Gasteiger partial charge on any atom is 0.130 e. The number of ether oxygens (including phenoxy) is 2. The van der Waals surface area contributed by atoms with Gasteiger partial charge in [0.1, 0.15) is 18.1 Å². The second-order valence-electron chi connectivity index (χ2n) is 8.37. The predicted octanol–water partition coefficient (Wildman–Crippen LogP) is 6.99. The molecule has 3 aromatic rings. The number of pyridine rings is 1. The Labute approximate surface area is 185 Å². The molecule has 0 spiro atoms. The number of rotatable bonds is 9. The van der Waals surface area contributed by atoms with Gasteiger partial charge in [-0.25, -0.2) is 0 Å². The molecule has 2 aromatic carbocycles. The summed E-state index contributed by atoms with van der Waals surface area (Å²) in [4.78, 5) is 4.32. The SMILES string of the molecule is C=C(OC)c1ccc(C(CC2CCCC2)c2ccc(OCc3ccccn3)cc2)cc1. The fourth-order valence-corrected chi connectivity index (χ4v) is 4.50. The number of methoxy groups -OCH3 is 1. The molecular formula is C28H31NO2. The highest BCUT2D eigenvalue weighted by Gasteiger charge is 2.23. The van der Waals surface area contributed by atoms with Gasteiger partial charge in [-0.2, -0.15) is 0 Å². The minimum atomic E-state index is 0.387. The van der Waals surface area contributed by atoms with Gasteiger partial charge < -0.3 is 9.47 Å². The van der Waals surface area contributed by atoms with Crippen molar-refractivity contribution in [2.45, 2.75) is 44.6 Å². The first-order valence-corrected chi connectivity index (χ1v) is 11.2. The van der Waals surface area contributed by atoms with Crippen LogP contribution in [0, 0.1) is 5.92 Å². The van der Waals surface area contributed by atoms with Gasteiger partial charge in [0, 0.05) is 17.7 Å². The molecule has 1 heterocycles. The second-order valence-corrected chi connectivity index (χ2v) is 8.37. The molecule has 1 atom stereocenters. The van der Waals surface area contributed by atoms with Gasteiger partial charge >= 0.3 is 0 Å². The van der Waals surface area contributed by atoms with Crippen LogP contribution in [-0.2, 0) is 11.3 Å². The summed E-state index contributed by atoms with van der Waals surface area (Å²) in [7, 11) is 1.66. The molecule has 0 bridgehead atoms. The summed E-state index contributed by atoms with van der Waals surface area (Å²) in [5.41, 5.74) is 4.66. The standard InChI is InChI=1S/C28H31NO2/c1-21(30-2)23-10-12-24(13-11-23)28(19-22-7-3-4-8-22)25-14-16-27(17-15-25)31-20-26-9-5-6-18-29-26/h5-6,9-18,22,28H,1,3-4,7-8,19-20H2,2H3. The monoisotopic (exact) mass is 413 g/mol. The predicted molar refractivity (Wildman–Crippen MR) is 126 cm³/mol. The van der Waals surface area contributed by atoms with Crippen LogP contribution in [-0.4, -0.2) is 12.1 Å². The lowest BCUT2D eigenvalue weighted by Gasteiger charge is -2.22. The van der Waals surface area contributed by atoms with E-state index in [1.54, 1.807) is 13.3 Å². The largest absolute Gasteiger partial charge is 0.497 e. The summed E-state index contributed by atoms with van der Waals surface area (Å²) >= 11 is 0. The minimum absolute atomic E-state index is 0.387. The Hall–Kier alpha value is -3.07. The lowest BCUT2D eigenvalue weighted by atomic mass is 9.83. The lowest BCUT2D eigenvalue weighted by molar-refractivity contribution is 0.301. The number of hydrogen-bond acceptors (Lipinski definition) is 3. The highest BCUT2D eigenvalue weighted by molar-refractivity contribution is 5.57. The molecule has 1 aliphatic rings. The van der Waals surface area contributed by atoms with E-state index in [0.29, 0.717) is 18.3 Å². The highest BCUT2D eigenvalue weighted by atomic mass is 16.5. The molecule has 0 N–H and O–H groups in total. The summed E-state index contributed by atoms with van der Waals surface area (Å²) in [6, 6.07) is 23.2. The third kappa shape index (κ3) is 5.55. The molecule has 0 aliphatic heterocycles. The van der Waals surface area contributed by atoms with E-state index in [-0.39, 0.29) is 0 Å². The summed E-state index contributed by atoms with van der Waals surface area (Å²) in [6.07, 6.45) is 8.41. The van der Waals surface area contributed by atoms with Crippen LogP contribution in [0.3, 0.4) is 0 Å². The van der Waals surface area contributed by atoms with Crippen molar-refractivity contribution < 1.29 is 9.47 Å². The van der Waals surface area contributed by atoms with E-state index in [1.807, 2.05) is 18.2 Å². The quantitative estimate of drug-likeness (QED) is 0.354. The van der Waals surface area contributed by atoms with Crippen LogP contribution in [0.4, 0.5) is 0 Å². The fraction of sp³-hybridized carbons (Fsp3) is 0.321. The number of aromatic nitrogens is 1. The summed E-state index contributed by atoms with van der Waals surface area (Å²) in [5, 5.41) is 0. The van der Waals surface area contributed by atoms with Gasteiger partial charge in [-0.15, -0.1) is 0 Å². The first kappa shape index (κ1) is 21.2. The van der Waals surface area contributed by atoms with E-state index in [1.165, 1.54) is 43.2 Å². The van der Waals surface area contributed by atoms with Gasteiger partial charge in [0.05, 0.1) is 12.8 Å². The van der Waals surface area contributed by atoms with Crippen molar-refractivity contribution in [3.05, 3.63) is 102 Å². The molecule has 1 aliphatic carbocycles. The van der Waals surface area contributed by atoms with Crippen molar-refractivity contribution in [3.63, 3.8) is 0 Å². The molecule has 1 saturated carbocycles. The summed E-state index contributed by atoms with van der Waals surface area (Å²) in [6.45, 7) is 4.45. The van der Waals surface area contributed by atoms with Crippen LogP contribution in [0.2, 0.25) is 0 Å². The van der Waals surface area contributed by atoms with Crippen LogP contribution in [0.5, 0.6) is 5.75 Å². The smallest absolute Gasteiger partial charge is 0.130 e. The number of hydrogen-bond donors (Lipinski definition) is 0. The fourth-order valence-electron chi connectivity index (χ4n) is 4.50. The summed E-state index contributed by atoms with van der Waals surface area (Å²) in [5.74, 6) is 2.77. The Balaban J connectivity index is 1.51. The van der Waals surface area contributed by atoms with Crippen LogP contribution >= 0.6 is 0 Å². The van der Waals surface area contributed by atoms with Gasteiger partial charge in [-0.1, -0.05) is 74.7 Å². The van der Waals surface area contributed by atoms with Gasteiger partial charge in [0.25, 0.3) is 0 Å². The van der Waals surface area contributed by atoms with Crippen molar-refractivity contribution >= 4 is 5.76 Å². The average molecular weight is 414 g/mol. The van der Waals surface area contributed by atoms with E-state index in [2.05, 4.69) is 60.1 Å². The zero-order chi connectivity index (χ0) is 21.5. The van der Waals surface area contributed by atoms with Gasteiger partial charge in [0.15, 0.2) is 0 Å². The average Bonchev–Trinajstić information content (AvgIpc) is 3.35. The van der Waals surface area contributed by atoms with Crippen LogP contribution in [0.15, 0.2) is 79.5 Å². The molecule has 1 unspecified atom stereocenters. The van der Waals surface area contributed by atoms with E-state index in [9.17, 15) is 0 Å². The van der Waals surface area contributed by atoms with Crippen molar-refractivity contribution in [2.24, 2.45) is 5.92 Å². The normalized spacial score (nSPS) is 14.9. The molecule has 1 aromatic heterocycles.